The van der Waals surface area contributed by atoms with E-state index in [2.05, 4.69) is 15.2 Å². The molecule has 0 fully saturated rings. The summed E-state index contributed by atoms with van der Waals surface area (Å²) in [6.07, 6.45) is 3.35. The number of methoxy groups -OCH3 is 1. The molecule has 1 aromatic carbocycles. The molecule has 3 rings (SSSR count). The molecule has 0 bridgehead atoms. The Kier molecular flexibility index (Phi) is 3.49. The number of hydrogen-bond donors (Lipinski definition) is 1. The van der Waals surface area contributed by atoms with E-state index in [1.807, 2.05) is 6.07 Å². The molecule has 2 aromatic heterocycles. The summed E-state index contributed by atoms with van der Waals surface area (Å²) in [4.78, 5) is 4.07. The van der Waals surface area contributed by atoms with Crippen molar-refractivity contribution in [3.8, 4) is 22.8 Å². The molecule has 0 radical (unpaired) electrons. The molecule has 1 N–H and O–H groups in total. The van der Waals surface area contributed by atoms with Crippen molar-refractivity contribution in [2.45, 2.75) is 0 Å². The lowest BCUT2D eigenvalue weighted by Crippen LogP contribution is -2.01. The lowest BCUT2D eigenvalue weighted by molar-refractivity contribution is 0.409. The fourth-order valence-electron chi connectivity index (χ4n) is 2.05. The largest absolute Gasteiger partial charge is 0.494 e. The second-order valence-electron chi connectivity index (χ2n) is 4.25. The van der Waals surface area contributed by atoms with Gasteiger partial charge in [0, 0.05) is 24.0 Å². The number of halogens is 1. The summed E-state index contributed by atoms with van der Waals surface area (Å²) in [6, 6.07) is 7.92. The number of ether oxygens (including phenoxy) is 1. The summed E-state index contributed by atoms with van der Waals surface area (Å²) < 4.78 is 20.7. The SMILES string of the molecule is COc1cc(F)ccc1-n1c(-c2cccnc2)n[nH]c1=S. The van der Waals surface area contributed by atoms with Crippen LogP contribution in [-0.4, -0.2) is 26.9 Å². The Balaban J connectivity index is 2.25. The van der Waals surface area contributed by atoms with Crippen LogP contribution in [0.5, 0.6) is 5.75 Å². The Labute approximate surface area is 125 Å². The highest BCUT2D eigenvalue weighted by Crippen LogP contribution is 2.28. The predicted octanol–water partition coefficient (Wildman–Crippen LogP) is 3.14. The molecule has 0 amide bonds. The van der Waals surface area contributed by atoms with Crippen LogP contribution in [0.15, 0.2) is 42.7 Å². The van der Waals surface area contributed by atoms with Gasteiger partial charge in [0.25, 0.3) is 0 Å². The van der Waals surface area contributed by atoms with Crippen molar-refractivity contribution in [2.24, 2.45) is 0 Å². The molecule has 0 aliphatic carbocycles. The smallest absolute Gasteiger partial charge is 0.200 e. The Morgan fingerprint density at radius 1 is 1.33 bits per heavy atom. The van der Waals surface area contributed by atoms with Crippen molar-refractivity contribution in [3.63, 3.8) is 0 Å². The molecule has 0 saturated carbocycles. The van der Waals surface area contributed by atoms with Gasteiger partial charge >= 0.3 is 0 Å². The summed E-state index contributed by atoms with van der Waals surface area (Å²) in [5, 5.41) is 6.96. The molecule has 0 aliphatic heterocycles. The van der Waals surface area contributed by atoms with E-state index in [1.165, 1.54) is 19.2 Å². The lowest BCUT2D eigenvalue weighted by atomic mass is 10.2. The summed E-state index contributed by atoms with van der Waals surface area (Å²) in [5.74, 6) is 0.573. The molecule has 0 spiro atoms. The maximum atomic E-state index is 13.4. The molecule has 21 heavy (non-hydrogen) atoms. The highest BCUT2D eigenvalue weighted by molar-refractivity contribution is 7.71. The molecular formula is C14H11FN4OS. The van der Waals surface area contributed by atoms with Gasteiger partial charge < -0.3 is 4.74 Å². The Morgan fingerprint density at radius 3 is 2.90 bits per heavy atom. The van der Waals surface area contributed by atoms with Crippen molar-refractivity contribution in [2.75, 3.05) is 7.11 Å². The van der Waals surface area contributed by atoms with Gasteiger partial charge in [0.2, 0.25) is 0 Å². The minimum absolute atomic E-state index is 0.373. The first-order valence-electron chi connectivity index (χ1n) is 6.12. The van der Waals surface area contributed by atoms with E-state index in [1.54, 1.807) is 29.1 Å². The van der Waals surface area contributed by atoms with Gasteiger partial charge in [-0.15, -0.1) is 0 Å². The topological polar surface area (TPSA) is 55.7 Å². The van der Waals surface area contributed by atoms with Gasteiger partial charge in [-0.1, -0.05) is 0 Å². The molecule has 3 aromatic rings. The van der Waals surface area contributed by atoms with E-state index in [-0.39, 0.29) is 5.82 Å². The second-order valence-corrected chi connectivity index (χ2v) is 4.63. The van der Waals surface area contributed by atoms with Crippen LogP contribution < -0.4 is 4.74 Å². The van der Waals surface area contributed by atoms with Crippen LogP contribution in [0.2, 0.25) is 0 Å². The van der Waals surface area contributed by atoms with Crippen LogP contribution in [-0.2, 0) is 0 Å². The third kappa shape index (κ3) is 2.43. The van der Waals surface area contributed by atoms with E-state index in [4.69, 9.17) is 17.0 Å². The zero-order valence-corrected chi connectivity index (χ0v) is 11.9. The van der Waals surface area contributed by atoms with Gasteiger partial charge in [0.05, 0.1) is 12.8 Å². The van der Waals surface area contributed by atoms with Crippen LogP contribution in [0.3, 0.4) is 0 Å². The van der Waals surface area contributed by atoms with E-state index in [0.29, 0.717) is 22.0 Å². The average molecular weight is 302 g/mol. The highest BCUT2D eigenvalue weighted by atomic mass is 32.1. The van der Waals surface area contributed by atoms with Crippen LogP contribution in [0, 0.1) is 10.6 Å². The predicted molar refractivity (Wildman–Crippen MR) is 78.5 cm³/mol. The molecular weight excluding hydrogens is 291 g/mol. The Morgan fingerprint density at radius 2 is 2.19 bits per heavy atom. The normalized spacial score (nSPS) is 10.6. The number of aromatic nitrogens is 4. The van der Waals surface area contributed by atoms with Gasteiger partial charge in [0.15, 0.2) is 10.6 Å². The van der Waals surface area contributed by atoms with Crippen molar-refractivity contribution >= 4 is 12.2 Å². The van der Waals surface area contributed by atoms with Gasteiger partial charge in [-0.05, 0) is 36.5 Å². The number of benzene rings is 1. The number of rotatable bonds is 3. The molecule has 7 heteroatoms. The van der Waals surface area contributed by atoms with Gasteiger partial charge in [-0.25, -0.2) is 4.39 Å². The summed E-state index contributed by atoms with van der Waals surface area (Å²) in [7, 11) is 1.48. The van der Waals surface area contributed by atoms with Gasteiger partial charge in [0.1, 0.15) is 11.6 Å². The first kappa shape index (κ1) is 13.4. The highest BCUT2D eigenvalue weighted by Gasteiger charge is 2.15. The number of pyridine rings is 1. The van der Waals surface area contributed by atoms with Gasteiger partial charge in [-0.3, -0.25) is 14.6 Å². The van der Waals surface area contributed by atoms with Crippen LogP contribution in [0.1, 0.15) is 0 Å². The fourth-order valence-corrected chi connectivity index (χ4v) is 2.28. The number of nitrogens with one attached hydrogen (secondary N) is 1. The van der Waals surface area contributed by atoms with Crippen molar-refractivity contribution in [3.05, 3.63) is 53.3 Å². The number of aromatic amines is 1. The van der Waals surface area contributed by atoms with E-state index >= 15 is 0 Å². The molecule has 2 heterocycles. The minimum Gasteiger partial charge on any atom is -0.494 e. The van der Waals surface area contributed by atoms with Gasteiger partial charge in [-0.2, -0.15) is 5.10 Å². The van der Waals surface area contributed by atoms with Crippen molar-refractivity contribution in [1.29, 1.82) is 0 Å². The molecule has 0 atom stereocenters. The third-order valence-electron chi connectivity index (χ3n) is 2.97. The minimum atomic E-state index is -0.381. The van der Waals surface area contributed by atoms with E-state index in [9.17, 15) is 4.39 Å². The van der Waals surface area contributed by atoms with E-state index in [0.717, 1.165) is 5.56 Å². The van der Waals surface area contributed by atoms with Crippen LogP contribution in [0.4, 0.5) is 4.39 Å². The molecule has 0 aliphatic rings. The third-order valence-corrected chi connectivity index (χ3v) is 3.25. The number of hydrogen-bond acceptors (Lipinski definition) is 4. The first-order chi connectivity index (χ1) is 10.2. The average Bonchev–Trinajstić information content (AvgIpc) is 2.89. The van der Waals surface area contributed by atoms with Crippen LogP contribution in [0.25, 0.3) is 17.1 Å². The van der Waals surface area contributed by atoms with Crippen LogP contribution >= 0.6 is 12.2 Å². The summed E-state index contributed by atoms with van der Waals surface area (Å²) in [6.45, 7) is 0. The summed E-state index contributed by atoms with van der Waals surface area (Å²) >= 11 is 5.27. The number of H-pyrrole nitrogens is 1. The fraction of sp³-hybridized carbons (Fsp3) is 0.0714. The zero-order valence-electron chi connectivity index (χ0n) is 11.1. The Hall–Kier alpha value is -2.54. The monoisotopic (exact) mass is 302 g/mol. The molecule has 5 nitrogen and oxygen atoms in total. The number of nitrogens with zero attached hydrogens (tertiary/aromatic N) is 3. The van der Waals surface area contributed by atoms with Crippen molar-refractivity contribution in [1.82, 2.24) is 19.7 Å². The Bertz CT molecular complexity index is 828. The zero-order chi connectivity index (χ0) is 14.8. The molecule has 0 saturated heterocycles. The quantitative estimate of drug-likeness (QED) is 0.755. The maximum absolute atomic E-state index is 13.4. The summed E-state index contributed by atoms with van der Waals surface area (Å²) in [5.41, 5.74) is 1.40. The lowest BCUT2D eigenvalue weighted by Gasteiger charge is -2.11. The second kappa shape index (κ2) is 5.45. The molecule has 0 unspecified atom stereocenters. The maximum Gasteiger partial charge on any atom is 0.200 e. The first-order valence-corrected chi connectivity index (χ1v) is 6.53. The molecule has 106 valence electrons. The standard InChI is InChI=1S/C14H11FN4OS/c1-20-12-7-10(15)4-5-11(12)19-13(17-18-14(19)21)9-3-2-6-16-8-9/h2-8H,1H3,(H,18,21). The van der Waals surface area contributed by atoms with E-state index < -0.39 is 0 Å². The van der Waals surface area contributed by atoms with Crippen molar-refractivity contribution < 1.29 is 9.13 Å².